The van der Waals surface area contributed by atoms with E-state index >= 15 is 0 Å². The number of rotatable bonds is 7. The first-order chi connectivity index (χ1) is 14.8. The summed E-state index contributed by atoms with van der Waals surface area (Å²) in [6.07, 6.45) is 1.18. The lowest BCUT2D eigenvalue weighted by atomic mass is 9.82. The summed E-state index contributed by atoms with van der Waals surface area (Å²) in [6.45, 7) is 0.493. The van der Waals surface area contributed by atoms with E-state index in [2.05, 4.69) is 29.2 Å². The molecule has 1 atom stereocenters. The van der Waals surface area contributed by atoms with Crippen LogP contribution in [0.5, 0.6) is 5.75 Å². The van der Waals surface area contributed by atoms with Crippen LogP contribution in [0, 0.1) is 0 Å². The number of likely N-dealkylation sites (tertiary alicyclic amines) is 1. The number of benzene rings is 3. The molecule has 3 aromatic rings. The molecule has 0 amide bonds. The second-order valence-electron chi connectivity index (χ2n) is 8.22. The molecule has 0 spiro atoms. The van der Waals surface area contributed by atoms with Crippen molar-refractivity contribution < 1.29 is 18.3 Å². The minimum atomic E-state index is -3.57. The largest absolute Gasteiger partial charge is 0.497 e. The Labute approximate surface area is 183 Å². The summed E-state index contributed by atoms with van der Waals surface area (Å²) in [5, 5.41) is 10.4. The Morgan fingerprint density at radius 3 is 1.87 bits per heavy atom. The molecule has 0 saturated carbocycles. The van der Waals surface area contributed by atoms with Crippen molar-refractivity contribution >= 4 is 9.84 Å². The number of ether oxygens (including phenoxy) is 1. The molecule has 162 valence electrons. The molecule has 0 bridgehead atoms. The van der Waals surface area contributed by atoms with Crippen LogP contribution in [0.4, 0.5) is 0 Å². The molecule has 31 heavy (non-hydrogen) atoms. The summed E-state index contributed by atoms with van der Waals surface area (Å²) in [7, 11) is -2.03. The van der Waals surface area contributed by atoms with Crippen LogP contribution in [0.2, 0.25) is 0 Å². The second-order valence-corrected chi connectivity index (χ2v) is 10.3. The Morgan fingerprint density at radius 1 is 0.871 bits per heavy atom. The van der Waals surface area contributed by atoms with Crippen molar-refractivity contribution in [2.75, 3.05) is 26.5 Å². The standard InChI is InChI=1S/C25H27NO4S/c1-30-22-15-9-14-21(16-22)24(31(2,28)29)25(27)17-26(18-25)23(19-10-5-3-6-11-19)20-12-7-4-8-13-20/h3-16,23-24,27H,17-18H2,1-2H3. The predicted molar refractivity (Wildman–Crippen MR) is 122 cm³/mol. The third kappa shape index (κ3) is 4.37. The highest BCUT2D eigenvalue weighted by atomic mass is 32.2. The van der Waals surface area contributed by atoms with E-state index in [9.17, 15) is 13.5 Å². The van der Waals surface area contributed by atoms with E-state index in [4.69, 9.17) is 4.74 Å². The number of nitrogens with zero attached hydrogens (tertiary/aromatic N) is 1. The van der Waals surface area contributed by atoms with E-state index in [1.165, 1.54) is 6.26 Å². The zero-order valence-electron chi connectivity index (χ0n) is 17.7. The van der Waals surface area contributed by atoms with Crippen molar-refractivity contribution in [1.29, 1.82) is 0 Å². The van der Waals surface area contributed by atoms with Crippen molar-refractivity contribution in [1.82, 2.24) is 4.90 Å². The van der Waals surface area contributed by atoms with Gasteiger partial charge in [-0.05, 0) is 28.8 Å². The third-order valence-electron chi connectivity index (χ3n) is 5.86. The van der Waals surface area contributed by atoms with Crippen molar-refractivity contribution in [3.8, 4) is 5.75 Å². The number of hydrogen-bond acceptors (Lipinski definition) is 5. The molecule has 0 aliphatic carbocycles. The van der Waals surface area contributed by atoms with E-state index in [1.807, 2.05) is 36.4 Å². The lowest BCUT2D eigenvalue weighted by Gasteiger charge is -2.53. The molecule has 1 unspecified atom stereocenters. The molecule has 1 aliphatic rings. The topological polar surface area (TPSA) is 66.8 Å². The average molecular weight is 438 g/mol. The monoisotopic (exact) mass is 437 g/mol. The molecule has 5 nitrogen and oxygen atoms in total. The molecule has 6 heteroatoms. The van der Waals surface area contributed by atoms with Gasteiger partial charge in [0.25, 0.3) is 0 Å². The lowest BCUT2D eigenvalue weighted by Crippen LogP contribution is -2.66. The van der Waals surface area contributed by atoms with E-state index < -0.39 is 20.7 Å². The molecule has 1 saturated heterocycles. The lowest BCUT2D eigenvalue weighted by molar-refractivity contribution is -0.112. The normalized spacial score (nSPS) is 17.2. The minimum Gasteiger partial charge on any atom is -0.497 e. The first kappa shape index (κ1) is 21.6. The smallest absolute Gasteiger partial charge is 0.157 e. The first-order valence-electron chi connectivity index (χ1n) is 10.2. The molecule has 1 aliphatic heterocycles. The highest BCUT2D eigenvalue weighted by molar-refractivity contribution is 7.91. The summed E-state index contributed by atoms with van der Waals surface area (Å²) >= 11 is 0. The predicted octanol–water partition coefficient (Wildman–Crippen LogP) is 3.62. The number of aliphatic hydroxyl groups is 1. The minimum absolute atomic E-state index is 0.0619. The zero-order chi connectivity index (χ0) is 22.1. The molecule has 3 aromatic carbocycles. The maximum Gasteiger partial charge on any atom is 0.157 e. The van der Waals surface area contributed by atoms with Crippen molar-refractivity contribution in [3.05, 3.63) is 102 Å². The number of sulfone groups is 1. The Morgan fingerprint density at radius 2 is 1.39 bits per heavy atom. The van der Waals surface area contributed by atoms with Gasteiger partial charge in [0.2, 0.25) is 0 Å². The van der Waals surface area contributed by atoms with E-state index in [-0.39, 0.29) is 19.1 Å². The number of hydrogen-bond donors (Lipinski definition) is 1. The van der Waals surface area contributed by atoms with Gasteiger partial charge in [-0.2, -0.15) is 0 Å². The summed E-state index contributed by atoms with van der Waals surface area (Å²) < 4.78 is 30.8. The number of β-amino-alcohol motifs (C(OH)–C–C–N with tert-alkyl or cyclic N) is 1. The molecule has 0 aromatic heterocycles. The molecular weight excluding hydrogens is 410 g/mol. The Bertz CT molecular complexity index is 1090. The van der Waals surface area contributed by atoms with Crippen LogP contribution in [0.1, 0.15) is 28.0 Å². The summed E-state index contributed by atoms with van der Waals surface area (Å²) in [5.74, 6) is 0.567. The second kappa shape index (κ2) is 8.46. The van der Waals surface area contributed by atoms with Gasteiger partial charge >= 0.3 is 0 Å². The van der Waals surface area contributed by atoms with Gasteiger partial charge in [0.1, 0.15) is 16.6 Å². The number of methoxy groups -OCH3 is 1. The van der Waals surface area contributed by atoms with Crippen molar-refractivity contribution in [3.63, 3.8) is 0 Å². The van der Waals surface area contributed by atoms with Crippen molar-refractivity contribution in [2.45, 2.75) is 16.9 Å². The SMILES string of the molecule is COc1cccc(C(C2(O)CN(C(c3ccccc3)c3ccccc3)C2)S(C)(=O)=O)c1. The van der Waals surface area contributed by atoms with Crippen LogP contribution in [-0.2, 0) is 9.84 Å². The fourth-order valence-electron chi connectivity index (χ4n) is 4.65. The van der Waals surface area contributed by atoms with Crippen LogP contribution in [-0.4, -0.2) is 50.5 Å². The average Bonchev–Trinajstić information content (AvgIpc) is 2.73. The van der Waals surface area contributed by atoms with Crippen LogP contribution < -0.4 is 4.74 Å². The van der Waals surface area contributed by atoms with Gasteiger partial charge < -0.3 is 9.84 Å². The third-order valence-corrected chi connectivity index (χ3v) is 7.43. The van der Waals surface area contributed by atoms with Gasteiger partial charge in [-0.3, -0.25) is 4.90 Å². The van der Waals surface area contributed by atoms with Crippen LogP contribution in [0.25, 0.3) is 0 Å². The molecule has 1 heterocycles. The molecule has 1 N–H and O–H groups in total. The highest BCUT2D eigenvalue weighted by Crippen LogP contribution is 2.44. The first-order valence-corrected chi connectivity index (χ1v) is 12.2. The van der Waals surface area contributed by atoms with E-state index in [1.54, 1.807) is 31.4 Å². The van der Waals surface area contributed by atoms with Gasteiger partial charge in [-0.25, -0.2) is 8.42 Å². The van der Waals surface area contributed by atoms with Gasteiger partial charge in [0.15, 0.2) is 9.84 Å². The van der Waals surface area contributed by atoms with Crippen molar-refractivity contribution in [2.24, 2.45) is 0 Å². The summed E-state index contributed by atoms with van der Waals surface area (Å²) in [6, 6.07) is 27.0. The maximum atomic E-state index is 12.8. The molecule has 1 fully saturated rings. The van der Waals surface area contributed by atoms with Crippen LogP contribution >= 0.6 is 0 Å². The van der Waals surface area contributed by atoms with Gasteiger partial charge in [0, 0.05) is 19.3 Å². The molecule has 4 rings (SSSR count). The summed E-state index contributed by atoms with van der Waals surface area (Å²) in [4.78, 5) is 2.13. The van der Waals surface area contributed by atoms with E-state index in [0.29, 0.717) is 11.3 Å². The van der Waals surface area contributed by atoms with Gasteiger partial charge in [0.05, 0.1) is 13.2 Å². The maximum absolute atomic E-state index is 12.8. The van der Waals surface area contributed by atoms with E-state index in [0.717, 1.165) is 11.1 Å². The van der Waals surface area contributed by atoms with Gasteiger partial charge in [-0.1, -0.05) is 72.8 Å². The zero-order valence-corrected chi connectivity index (χ0v) is 18.5. The van der Waals surface area contributed by atoms with Gasteiger partial charge in [-0.15, -0.1) is 0 Å². The van der Waals surface area contributed by atoms with Crippen LogP contribution in [0.15, 0.2) is 84.9 Å². The summed E-state index contributed by atoms with van der Waals surface area (Å²) in [5.41, 5.74) is 1.36. The molecular formula is C25H27NO4S. The quantitative estimate of drug-likeness (QED) is 0.612. The fourth-order valence-corrected chi connectivity index (χ4v) is 6.24. The Kier molecular flexibility index (Phi) is 5.88. The molecule has 0 radical (unpaired) electrons. The highest BCUT2D eigenvalue weighted by Gasteiger charge is 2.54. The Hall–Kier alpha value is -2.67. The fraction of sp³-hybridized carbons (Fsp3) is 0.280. The van der Waals surface area contributed by atoms with Crippen LogP contribution in [0.3, 0.4) is 0 Å². The Balaban J connectivity index is 1.67.